The molecule has 0 aromatic heterocycles. The third-order valence-electron chi connectivity index (χ3n) is 3.54. The molecule has 0 spiro atoms. The standard InChI is InChI=1S/C17H20N2O2/c1-19(11-13-5-3-2-4-6-13)12-14-9-16-17(10-15(14)18)21-8-7-20-16/h2-6,9-10H,7-8,11-12,18H2,1H3. The summed E-state index contributed by atoms with van der Waals surface area (Å²) in [7, 11) is 2.09. The predicted molar refractivity (Wildman–Crippen MR) is 83.5 cm³/mol. The summed E-state index contributed by atoms with van der Waals surface area (Å²) in [5.41, 5.74) is 9.23. The van der Waals surface area contributed by atoms with Crippen molar-refractivity contribution in [3.63, 3.8) is 0 Å². The van der Waals surface area contributed by atoms with E-state index in [0.29, 0.717) is 13.2 Å². The second-order valence-corrected chi connectivity index (χ2v) is 5.35. The molecule has 0 radical (unpaired) electrons. The highest BCUT2D eigenvalue weighted by Crippen LogP contribution is 2.34. The second-order valence-electron chi connectivity index (χ2n) is 5.35. The molecule has 0 atom stereocenters. The van der Waals surface area contributed by atoms with Crippen LogP contribution in [0.3, 0.4) is 0 Å². The molecule has 2 N–H and O–H groups in total. The Kier molecular flexibility index (Phi) is 3.97. The molecule has 1 aliphatic rings. The molecule has 0 unspecified atom stereocenters. The van der Waals surface area contributed by atoms with E-state index in [4.69, 9.17) is 15.2 Å². The van der Waals surface area contributed by atoms with Gasteiger partial charge in [0.15, 0.2) is 11.5 Å². The Morgan fingerprint density at radius 3 is 2.38 bits per heavy atom. The lowest BCUT2D eigenvalue weighted by Crippen LogP contribution is -2.19. The molecule has 4 nitrogen and oxygen atoms in total. The van der Waals surface area contributed by atoms with Crippen molar-refractivity contribution in [3.05, 3.63) is 53.6 Å². The van der Waals surface area contributed by atoms with E-state index >= 15 is 0 Å². The first-order valence-electron chi connectivity index (χ1n) is 7.13. The Morgan fingerprint density at radius 1 is 1.00 bits per heavy atom. The lowest BCUT2D eigenvalue weighted by atomic mass is 10.1. The fourth-order valence-corrected chi connectivity index (χ4v) is 2.53. The predicted octanol–water partition coefficient (Wildman–Crippen LogP) is 2.67. The van der Waals surface area contributed by atoms with Crippen LogP contribution in [0.4, 0.5) is 5.69 Å². The van der Waals surface area contributed by atoms with Crippen LogP contribution in [0.15, 0.2) is 42.5 Å². The highest BCUT2D eigenvalue weighted by Gasteiger charge is 2.15. The summed E-state index contributed by atoms with van der Waals surface area (Å²) in [6.45, 7) is 2.84. The lowest BCUT2D eigenvalue weighted by Gasteiger charge is -2.22. The monoisotopic (exact) mass is 284 g/mol. The first kappa shape index (κ1) is 13.8. The Balaban J connectivity index is 1.72. The molecule has 0 amide bonds. The number of nitrogen functional groups attached to an aromatic ring is 1. The largest absolute Gasteiger partial charge is 0.486 e. The van der Waals surface area contributed by atoms with Gasteiger partial charge in [0.1, 0.15) is 13.2 Å². The normalized spacial score (nSPS) is 13.4. The van der Waals surface area contributed by atoms with Crippen molar-refractivity contribution < 1.29 is 9.47 Å². The number of nitrogens with two attached hydrogens (primary N) is 1. The molecule has 21 heavy (non-hydrogen) atoms. The maximum atomic E-state index is 6.12. The minimum Gasteiger partial charge on any atom is -0.486 e. The van der Waals surface area contributed by atoms with Gasteiger partial charge in [0, 0.05) is 24.8 Å². The Bertz CT molecular complexity index is 614. The number of rotatable bonds is 4. The quantitative estimate of drug-likeness (QED) is 0.877. The van der Waals surface area contributed by atoms with Crippen molar-refractivity contribution in [2.45, 2.75) is 13.1 Å². The summed E-state index contributed by atoms with van der Waals surface area (Å²) in [5.74, 6) is 1.53. The van der Waals surface area contributed by atoms with E-state index in [9.17, 15) is 0 Å². The Morgan fingerprint density at radius 2 is 1.67 bits per heavy atom. The van der Waals surface area contributed by atoms with E-state index in [-0.39, 0.29) is 0 Å². The summed E-state index contributed by atoms with van der Waals surface area (Å²) < 4.78 is 11.2. The first-order chi connectivity index (χ1) is 10.2. The molecule has 0 saturated heterocycles. The molecular weight excluding hydrogens is 264 g/mol. The van der Waals surface area contributed by atoms with Crippen LogP contribution >= 0.6 is 0 Å². The first-order valence-corrected chi connectivity index (χ1v) is 7.13. The number of fused-ring (bicyclic) bond motifs is 1. The van der Waals surface area contributed by atoms with Crippen LogP contribution in [0.1, 0.15) is 11.1 Å². The molecule has 0 saturated carbocycles. The molecule has 4 heteroatoms. The summed E-state index contributed by atoms with van der Waals surface area (Å²) in [4.78, 5) is 2.23. The molecule has 3 rings (SSSR count). The van der Waals surface area contributed by atoms with E-state index in [2.05, 4.69) is 36.2 Å². The highest BCUT2D eigenvalue weighted by atomic mass is 16.6. The van der Waals surface area contributed by atoms with Crippen LogP contribution in [-0.2, 0) is 13.1 Å². The summed E-state index contributed by atoms with van der Waals surface area (Å²) >= 11 is 0. The van der Waals surface area contributed by atoms with Crippen LogP contribution in [0.5, 0.6) is 11.5 Å². The van der Waals surface area contributed by atoms with E-state index in [1.165, 1.54) is 5.56 Å². The van der Waals surface area contributed by atoms with E-state index < -0.39 is 0 Å². The van der Waals surface area contributed by atoms with Gasteiger partial charge in [-0.2, -0.15) is 0 Å². The maximum Gasteiger partial charge on any atom is 0.163 e. The Labute approximate surface area is 125 Å². The van der Waals surface area contributed by atoms with Gasteiger partial charge in [-0.25, -0.2) is 0 Å². The third kappa shape index (κ3) is 3.28. The van der Waals surface area contributed by atoms with Gasteiger partial charge >= 0.3 is 0 Å². The second kappa shape index (κ2) is 6.06. The number of anilines is 1. The molecule has 0 bridgehead atoms. The SMILES string of the molecule is CN(Cc1ccccc1)Cc1cc2c(cc1N)OCCO2. The van der Waals surface area contributed by atoms with Gasteiger partial charge in [-0.1, -0.05) is 30.3 Å². The van der Waals surface area contributed by atoms with Gasteiger partial charge in [0.25, 0.3) is 0 Å². The molecule has 110 valence electrons. The van der Waals surface area contributed by atoms with E-state index in [1.54, 1.807) is 0 Å². The summed E-state index contributed by atoms with van der Waals surface area (Å²) in [6.07, 6.45) is 0. The zero-order valence-corrected chi connectivity index (χ0v) is 12.2. The van der Waals surface area contributed by atoms with E-state index in [1.807, 2.05) is 18.2 Å². The molecule has 0 aliphatic carbocycles. The van der Waals surface area contributed by atoms with Crippen molar-refractivity contribution in [1.82, 2.24) is 4.90 Å². The van der Waals surface area contributed by atoms with Crippen molar-refractivity contribution in [3.8, 4) is 11.5 Å². The van der Waals surface area contributed by atoms with Crippen LogP contribution in [0, 0.1) is 0 Å². The summed E-state index contributed by atoms with van der Waals surface area (Å²) in [6, 6.07) is 14.3. The number of nitrogens with zero attached hydrogens (tertiary/aromatic N) is 1. The van der Waals surface area contributed by atoms with Crippen molar-refractivity contribution in [2.24, 2.45) is 0 Å². The van der Waals surface area contributed by atoms with Gasteiger partial charge < -0.3 is 15.2 Å². The molecule has 2 aromatic carbocycles. The average Bonchev–Trinajstić information content (AvgIpc) is 2.49. The average molecular weight is 284 g/mol. The van der Waals surface area contributed by atoms with Crippen molar-refractivity contribution in [2.75, 3.05) is 26.0 Å². The van der Waals surface area contributed by atoms with Gasteiger partial charge in [-0.05, 0) is 24.2 Å². The number of hydrogen-bond donors (Lipinski definition) is 1. The minimum atomic E-state index is 0.583. The minimum absolute atomic E-state index is 0.583. The lowest BCUT2D eigenvalue weighted by molar-refractivity contribution is 0.171. The number of hydrogen-bond acceptors (Lipinski definition) is 4. The van der Waals surface area contributed by atoms with Gasteiger partial charge in [0.2, 0.25) is 0 Å². The van der Waals surface area contributed by atoms with E-state index in [0.717, 1.165) is 35.8 Å². The van der Waals surface area contributed by atoms with Gasteiger partial charge in [-0.15, -0.1) is 0 Å². The Hall–Kier alpha value is -2.20. The molecule has 1 heterocycles. The number of benzene rings is 2. The zero-order chi connectivity index (χ0) is 14.7. The van der Waals surface area contributed by atoms with Crippen LogP contribution in [0.25, 0.3) is 0 Å². The van der Waals surface area contributed by atoms with Gasteiger partial charge in [-0.3, -0.25) is 4.90 Å². The van der Waals surface area contributed by atoms with Crippen molar-refractivity contribution >= 4 is 5.69 Å². The summed E-state index contributed by atoms with van der Waals surface area (Å²) in [5, 5.41) is 0. The van der Waals surface area contributed by atoms with Crippen LogP contribution in [0.2, 0.25) is 0 Å². The van der Waals surface area contributed by atoms with Crippen molar-refractivity contribution in [1.29, 1.82) is 0 Å². The smallest absolute Gasteiger partial charge is 0.163 e. The topological polar surface area (TPSA) is 47.7 Å². The maximum absolute atomic E-state index is 6.12. The number of ether oxygens (including phenoxy) is 2. The fourth-order valence-electron chi connectivity index (χ4n) is 2.53. The van der Waals surface area contributed by atoms with Crippen LogP contribution in [-0.4, -0.2) is 25.2 Å². The van der Waals surface area contributed by atoms with Gasteiger partial charge in [0.05, 0.1) is 0 Å². The molecule has 1 aliphatic heterocycles. The molecule has 0 fully saturated rings. The highest BCUT2D eigenvalue weighted by molar-refractivity contribution is 5.58. The van der Waals surface area contributed by atoms with Crippen LogP contribution < -0.4 is 15.2 Å². The zero-order valence-electron chi connectivity index (χ0n) is 12.2. The molecular formula is C17H20N2O2. The third-order valence-corrected chi connectivity index (χ3v) is 3.54. The fraction of sp³-hybridized carbons (Fsp3) is 0.294. The molecule has 2 aromatic rings.